The van der Waals surface area contributed by atoms with E-state index in [1.165, 1.54) is 0 Å². The van der Waals surface area contributed by atoms with Crippen molar-refractivity contribution in [2.24, 2.45) is 0 Å². The van der Waals surface area contributed by atoms with Gasteiger partial charge in [-0.1, -0.05) is 0 Å². The first-order valence-corrected chi connectivity index (χ1v) is 5.11. The average molecular weight is 184 g/mol. The van der Waals surface area contributed by atoms with Crippen LogP contribution in [0.15, 0.2) is 0 Å². The fourth-order valence-electron chi connectivity index (χ4n) is 0.623. The van der Waals surface area contributed by atoms with Crippen molar-refractivity contribution in [3.05, 3.63) is 0 Å². The molecule has 0 radical (unpaired) electrons. The highest BCUT2D eigenvalue weighted by molar-refractivity contribution is 7.86. The maximum absolute atomic E-state index is 11.8. The van der Waals surface area contributed by atoms with E-state index in [1.807, 2.05) is 6.92 Å². The molecule has 0 bridgehead atoms. The van der Waals surface area contributed by atoms with Gasteiger partial charge in [0.2, 0.25) is 0 Å². The lowest BCUT2D eigenvalue weighted by Gasteiger charge is -1.98. The first kappa shape index (κ1) is 10.8. The fraction of sp³-hybridized carbons (Fsp3) is 1.00. The highest BCUT2D eigenvalue weighted by atomic mass is 32.3. The molecule has 0 N–H and O–H groups in total. The molecule has 0 unspecified atom stereocenters. The van der Waals surface area contributed by atoms with Crippen LogP contribution in [0.5, 0.6) is 0 Å². The Labute approximate surface area is 66.8 Å². The van der Waals surface area contributed by atoms with E-state index in [2.05, 4.69) is 0 Å². The van der Waals surface area contributed by atoms with Crippen LogP contribution in [0.2, 0.25) is 0 Å². The van der Waals surface area contributed by atoms with Gasteiger partial charge in [-0.25, -0.2) is 0 Å². The van der Waals surface area contributed by atoms with Gasteiger partial charge in [0.1, 0.15) is 0 Å². The molecule has 0 saturated heterocycles. The van der Waals surface area contributed by atoms with Crippen LogP contribution in [0.4, 0.5) is 3.89 Å². The zero-order valence-corrected chi connectivity index (χ0v) is 7.36. The maximum Gasteiger partial charge on any atom is 0.302 e. The van der Waals surface area contributed by atoms with Crippen molar-refractivity contribution in [2.45, 2.75) is 19.8 Å². The van der Waals surface area contributed by atoms with Crippen LogP contribution < -0.4 is 0 Å². The predicted molar refractivity (Wildman–Crippen MR) is 40.6 cm³/mol. The molecule has 0 aliphatic heterocycles. The molecule has 0 saturated carbocycles. The standard InChI is InChI=1S/C6H13FO3S/c1-2-10-5-3-4-6-11(7,8)9/h2-6H2,1H3. The largest absolute Gasteiger partial charge is 0.382 e. The normalized spacial score (nSPS) is 11.8. The zero-order chi connectivity index (χ0) is 8.74. The Balaban J connectivity index is 3.16. The molecule has 11 heavy (non-hydrogen) atoms. The molecule has 0 aromatic rings. The number of rotatable bonds is 6. The highest BCUT2D eigenvalue weighted by Crippen LogP contribution is 1.97. The zero-order valence-electron chi connectivity index (χ0n) is 6.55. The van der Waals surface area contributed by atoms with E-state index in [1.54, 1.807) is 0 Å². The van der Waals surface area contributed by atoms with Crippen LogP contribution in [0.1, 0.15) is 19.8 Å². The number of ether oxygens (including phenoxy) is 1. The Hall–Kier alpha value is -0.160. The molecule has 0 rings (SSSR count). The van der Waals surface area contributed by atoms with Gasteiger partial charge in [-0.2, -0.15) is 8.42 Å². The van der Waals surface area contributed by atoms with Gasteiger partial charge in [0.15, 0.2) is 0 Å². The highest BCUT2D eigenvalue weighted by Gasteiger charge is 2.04. The SMILES string of the molecule is CCOCCCCS(=O)(=O)F. The summed E-state index contributed by atoms with van der Waals surface area (Å²) in [5.41, 5.74) is 0. The molecule has 0 aromatic heterocycles. The van der Waals surface area contributed by atoms with Crippen molar-refractivity contribution in [1.29, 1.82) is 0 Å². The molecule has 68 valence electrons. The third-order valence-corrected chi connectivity index (χ3v) is 1.91. The number of hydrogen-bond acceptors (Lipinski definition) is 3. The van der Waals surface area contributed by atoms with Crippen molar-refractivity contribution < 1.29 is 17.0 Å². The van der Waals surface area contributed by atoms with Crippen LogP contribution in [0.25, 0.3) is 0 Å². The molecule has 0 atom stereocenters. The first-order valence-electron chi connectivity index (χ1n) is 3.56. The smallest absolute Gasteiger partial charge is 0.302 e. The van der Waals surface area contributed by atoms with E-state index in [9.17, 15) is 12.3 Å². The lowest BCUT2D eigenvalue weighted by Crippen LogP contribution is -2.01. The Morgan fingerprint density at radius 2 is 2.00 bits per heavy atom. The minimum Gasteiger partial charge on any atom is -0.382 e. The molecule has 5 heteroatoms. The van der Waals surface area contributed by atoms with Crippen molar-refractivity contribution in [3.8, 4) is 0 Å². The van der Waals surface area contributed by atoms with Crippen LogP contribution in [0, 0.1) is 0 Å². The summed E-state index contributed by atoms with van der Waals surface area (Å²) < 4.78 is 36.7. The van der Waals surface area contributed by atoms with Crippen molar-refractivity contribution >= 4 is 10.2 Å². The molecule has 0 heterocycles. The van der Waals surface area contributed by atoms with E-state index in [0.29, 0.717) is 26.1 Å². The summed E-state index contributed by atoms with van der Waals surface area (Å²) >= 11 is 0. The van der Waals surface area contributed by atoms with Crippen LogP contribution in [-0.2, 0) is 15.0 Å². The Morgan fingerprint density at radius 3 is 2.45 bits per heavy atom. The lowest BCUT2D eigenvalue weighted by atomic mass is 10.4. The number of hydrogen-bond donors (Lipinski definition) is 0. The molecule has 0 spiro atoms. The van der Waals surface area contributed by atoms with Gasteiger partial charge in [0.25, 0.3) is 0 Å². The van der Waals surface area contributed by atoms with Crippen molar-refractivity contribution in [2.75, 3.05) is 19.0 Å². The monoisotopic (exact) mass is 184 g/mol. The molecule has 0 fully saturated rings. The average Bonchev–Trinajstić information content (AvgIpc) is 1.85. The molecule has 0 aliphatic rings. The van der Waals surface area contributed by atoms with E-state index in [-0.39, 0.29) is 5.75 Å². The Bertz CT molecular complexity index is 176. The van der Waals surface area contributed by atoms with E-state index in [4.69, 9.17) is 4.74 Å². The second kappa shape index (κ2) is 5.49. The summed E-state index contributed by atoms with van der Waals surface area (Å²) in [5.74, 6) is -0.389. The Morgan fingerprint density at radius 1 is 1.36 bits per heavy atom. The summed E-state index contributed by atoms with van der Waals surface area (Å²) in [5, 5.41) is 0. The van der Waals surface area contributed by atoms with Crippen LogP contribution >= 0.6 is 0 Å². The second-order valence-electron chi connectivity index (χ2n) is 2.15. The van der Waals surface area contributed by atoms with E-state index >= 15 is 0 Å². The second-order valence-corrected chi connectivity index (χ2v) is 3.63. The fourth-order valence-corrected chi connectivity index (χ4v) is 1.17. The van der Waals surface area contributed by atoms with Gasteiger partial charge in [-0.05, 0) is 19.8 Å². The maximum atomic E-state index is 11.8. The van der Waals surface area contributed by atoms with E-state index in [0.717, 1.165) is 0 Å². The number of unbranched alkanes of at least 4 members (excludes halogenated alkanes) is 1. The van der Waals surface area contributed by atoms with Gasteiger partial charge >= 0.3 is 10.2 Å². The van der Waals surface area contributed by atoms with Crippen LogP contribution in [-0.4, -0.2) is 27.4 Å². The molecule has 0 aromatic carbocycles. The molecule has 0 aliphatic carbocycles. The Kier molecular flexibility index (Phi) is 5.41. The van der Waals surface area contributed by atoms with Gasteiger partial charge in [0, 0.05) is 13.2 Å². The predicted octanol–water partition coefficient (Wildman–Crippen LogP) is 1.10. The molecular weight excluding hydrogens is 171 g/mol. The van der Waals surface area contributed by atoms with E-state index < -0.39 is 10.2 Å². The molecule has 3 nitrogen and oxygen atoms in total. The molecular formula is C6H13FO3S. The van der Waals surface area contributed by atoms with Crippen molar-refractivity contribution in [3.63, 3.8) is 0 Å². The quantitative estimate of drug-likeness (QED) is 0.458. The third-order valence-electron chi connectivity index (χ3n) is 1.13. The number of halogens is 1. The van der Waals surface area contributed by atoms with Gasteiger partial charge in [-0.15, -0.1) is 3.89 Å². The summed E-state index contributed by atoms with van der Waals surface area (Å²) in [6.07, 6.45) is 0.926. The minimum absolute atomic E-state index is 0.332. The summed E-state index contributed by atoms with van der Waals surface area (Å²) in [6, 6.07) is 0. The minimum atomic E-state index is -4.27. The molecule has 0 amide bonds. The first-order chi connectivity index (χ1) is 5.06. The van der Waals surface area contributed by atoms with Gasteiger partial charge < -0.3 is 4.74 Å². The summed E-state index contributed by atoms with van der Waals surface area (Å²) in [7, 11) is -4.27. The van der Waals surface area contributed by atoms with Crippen molar-refractivity contribution in [1.82, 2.24) is 0 Å². The lowest BCUT2D eigenvalue weighted by molar-refractivity contribution is 0.144. The summed E-state index contributed by atoms with van der Waals surface area (Å²) in [4.78, 5) is 0. The van der Waals surface area contributed by atoms with Crippen LogP contribution in [0.3, 0.4) is 0 Å². The topological polar surface area (TPSA) is 43.4 Å². The third kappa shape index (κ3) is 9.84. The summed E-state index contributed by atoms with van der Waals surface area (Å²) in [6.45, 7) is 2.97. The van der Waals surface area contributed by atoms with Gasteiger partial charge in [-0.3, -0.25) is 0 Å². The van der Waals surface area contributed by atoms with Gasteiger partial charge in [0.05, 0.1) is 5.75 Å².